The van der Waals surface area contributed by atoms with E-state index in [1.807, 2.05) is 6.07 Å². The maximum Gasteiger partial charge on any atom is 0.246 e. The maximum atomic E-state index is 12.6. The molecule has 8 heteroatoms. The third-order valence-electron chi connectivity index (χ3n) is 6.03. The molecule has 1 fully saturated rings. The number of para-hydroxylation sites is 1. The van der Waals surface area contributed by atoms with Crippen molar-refractivity contribution < 1.29 is 18.3 Å². The van der Waals surface area contributed by atoms with E-state index in [4.69, 9.17) is 4.74 Å². The van der Waals surface area contributed by atoms with Crippen LogP contribution >= 0.6 is 0 Å². The Morgan fingerprint density at radius 3 is 2.34 bits per heavy atom. The zero-order valence-corrected chi connectivity index (χ0v) is 20.1. The van der Waals surface area contributed by atoms with E-state index < -0.39 is 16.1 Å². The zero-order valence-electron chi connectivity index (χ0n) is 19.3. The predicted octanol–water partition coefficient (Wildman–Crippen LogP) is 2.97. The van der Waals surface area contributed by atoms with Crippen LogP contribution in [0.1, 0.15) is 30.9 Å². The van der Waals surface area contributed by atoms with Crippen LogP contribution in [0.4, 0.5) is 5.69 Å². The second-order valence-corrected chi connectivity index (χ2v) is 10.5. The van der Waals surface area contributed by atoms with Gasteiger partial charge in [-0.15, -0.1) is 0 Å². The summed E-state index contributed by atoms with van der Waals surface area (Å²) in [5, 5.41) is 10.6. The van der Waals surface area contributed by atoms with E-state index in [1.54, 1.807) is 12.1 Å². The van der Waals surface area contributed by atoms with Gasteiger partial charge in [-0.1, -0.05) is 24.3 Å². The van der Waals surface area contributed by atoms with Crippen LogP contribution in [0.15, 0.2) is 53.4 Å². The lowest BCUT2D eigenvalue weighted by atomic mass is 10.0. The molecule has 1 heterocycles. The van der Waals surface area contributed by atoms with Crippen LogP contribution in [0.2, 0.25) is 0 Å². The van der Waals surface area contributed by atoms with Gasteiger partial charge in [0.15, 0.2) is 0 Å². The van der Waals surface area contributed by atoms with Crippen LogP contribution in [0.3, 0.4) is 0 Å². The number of hydrogen-bond donors (Lipinski definition) is 1. The Morgan fingerprint density at radius 1 is 1.03 bits per heavy atom. The van der Waals surface area contributed by atoms with Gasteiger partial charge >= 0.3 is 0 Å². The van der Waals surface area contributed by atoms with E-state index in [9.17, 15) is 13.5 Å². The number of rotatable bonds is 10. The van der Waals surface area contributed by atoms with Crippen molar-refractivity contribution in [2.24, 2.45) is 0 Å². The summed E-state index contributed by atoms with van der Waals surface area (Å²) in [6.45, 7) is 5.16. The van der Waals surface area contributed by atoms with Gasteiger partial charge in [0, 0.05) is 46.0 Å². The fourth-order valence-corrected chi connectivity index (χ4v) is 5.09. The lowest BCUT2D eigenvalue weighted by Gasteiger charge is -2.36. The van der Waals surface area contributed by atoms with Crippen LogP contribution in [0, 0.1) is 0 Å². The molecule has 0 amide bonds. The third kappa shape index (κ3) is 6.01. The van der Waals surface area contributed by atoms with Gasteiger partial charge < -0.3 is 14.7 Å². The lowest BCUT2D eigenvalue weighted by Crippen LogP contribution is -2.46. The lowest BCUT2D eigenvalue weighted by molar-refractivity contribution is 0.159. The second kappa shape index (κ2) is 11.1. The van der Waals surface area contributed by atoms with Gasteiger partial charge in [0.05, 0.1) is 13.2 Å². The quantitative estimate of drug-likeness (QED) is 0.549. The molecule has 0 spiro atoms. The first kappa shape index (κ1) is 24.5. The largest absolute Gasteiger partial charge is 0.495 e. The molecule has 0 bridgehead atoms. The first-order chi connectivity index (χ1) is 15.3. The molecule has 1 aliphatic heterocycles. The highest BCUT2D eigenvalue weighted by atomic mass is 32.2. The number of methoxy groups -OCH3 is 1. The first-order valence-electron chi connectivity index (χ1n) is 11.1. The Bertz CT molecular complexity index is 958. The number of anilines is 1. The molecule has 32 heavy (non-hydrogen) atoms. The van der Waals surface area contributed by atoms with Crippen LogP contribution in [0.25, 0.3) is 0 Å². The minimum atomic E-state index is -3.65. The summed E-state index contributed by atoms with van der Waals surface area (Å²) < 4.78 is 31.6. The Morgan fingerprint density at radius 2 is 1.72 bits per heavy atom. The van der Waals surface area contributed by atoms with E-state index in [-0.39, 0.29) is 10.6 Å². The van der Waals surface area contributed by atoms with Crippen LogP contribution in [0.5, 0.6) is 5.75 Å². The highest BCUT2D eigenvalue weighted by Gasteiger charge is 2.24. The Kier molecular flexibility index (Phi) is 8.53. The highest BCUT2D eigenvalue weighted by molar-refractivity contribution is 7.89. The zero-order chi connectivity index (χ0) is 23.1. The summed E-state index contributed by atoms with van der Waals surface area (Å²) in [7, 11) is 0.758. The molecule has 1 N–H and O–H groups in total. The number of hydrogen-bond acceptors (Lipinski definition) is 6. The minimum absolute atomic E-state index is 0.0813. The number of piperazine rings is 1. The van der Waals surface area contributed by atoms with Crippen molar-refractivity contribution in [3.05, 3.63) is 54.1 Å². The molecule has 0 radical (unpaired) electrons. The van der Waals surface area contributed by atoms with Gasteiger partial charge in [-0.3, -0.25) is 4.90 Å². The van der Waals surface area contributed by atoms with Gasteiger partial charge in [-0.05, 0) is 55.6 Å². The van der Waals surface area contributed by atoms with E-state index in [0.717, 1.165) is 49.9 Å². The standard InChI is InChI=1S/C24H35N3O4S/c1-25(2)32(29,30)24-19-20(12-13-23(24)31-3)22(28)11-7-8-14-26-15-17-27(18-16-26)21-9-5-4-6-10-21/h4-6,9-10,12-13,19,22,28H,7-8,11,14-18H2,1-3H3. The highest BCUT2D eigenvalue weighted by Crippen LogP contribution is 2.30. The molecular formula is C24H35N3O4S. The average Bonchev–Trinajstić information content (AvgIpc) is 2.82. The molecule has 2 aromatic rings. The summed E-state index contributed by atoms with van der Waals surface area (Å²) in [4.78, 5) is 4.97. The molecule has 1 unspecified atom stereocenters. The molecular weight excluding hydrogens is 426 g/mol. The van der Waals surface area contributed by atoms with Gasteiger partial charge in [-0.25, -0.2) is 12.7 Å². The molecule has 3 rings (SSSR count). The normalized spacial score (nSPS) is 16.3. The molecule has 1 saturated heterocycles. The molecule has 176 valence electrons. The van der Waals surface area contributed by atoms with Crippen LogP contribution < -0.4 is 9.64 Å². The second-order valence-electron chi connectivity index (χ2n) is 8.37. The Labute approximate surface area is 192 Å². The number of nitrogens with zero attached hydrogens (tertiary/aromatic N) is 3. The van der Waals surface area contributed by atoms with Gasteiger partial charge in [-0.2, -0.15) is 0 Å². The summed E-state index contributed by atoms with van der Waals surface area (Å²) in [6.07, 6.45) is 1.77. The average molecular weight is 462 g/mol. The molecule has 0 saturated carbocycles. The first-order valence-corrected chi connectivity index (χ1v) is 12.6. The summed E-state index contributed by atoms with van der Waals surface area (Å²) in [6, 6.07) is 15.4. The SMILES string of the molecule is COc1ccc(C(O)CCCCN2CCN(c3ccccc3)CC2)cc1S(=O)(=O)N(C)C. The van der Waals surface area contributed by atoms with Crippen molar-refractivity contribution in [1.29, 1.82) is 0 Å². The number of benzene rings is 2. The predicted molar refractivity (Wildman–Crippen MR) is 128 cm³/mol. The van der Waals surface area contributed by atoms with Crippen molar-refractivity contribution in [3.8, 4) is 5.75 Å². The number of unbranched alkanes of at least 4 members (excludes halogenated alkanes) is 1. The number of aliphatic hydroxyl groups is 1. The van der Waals surface area contributed by atoms with Crippen molar-refractivity contribution in [2.45, 2.75) is 30.3 Å². The molecule has 0 aromatic heterocycles. The molecule has 7 nitrogen and oxygen atoms in total. The van der Waals surface area contributed by atoms with E-state index in [1.165, 1.54) is 33.0 Å². The van der Waals surface area contributed by atoms with Crippen molar-refractivity contribution in [2.75, 3.05) is 58.8 Å². The fourth-order valence-electron chi connectivity index (χ4n) is 4.01. The third-order valence-corrected chi connectivity index (χ3v) is 7.86. The summed E-state index contributed by atoms with van der Waals surface area (Å²) in [5.74, 6) is 0.282. The number of aliphatic hydroxyl groups excluding tert-OH is 1. The Hall–Kier alpha value is -2.13. The monoisotopic (exact) mass is 461 g/mol. The summed E-state index contributed by atoms with van der Waals surface area (Å²) in [5.41, 5.74) is 1.88. The topological polar surface area (TPSA) is 73.3 Å². The van der Waals surface area contributed by atoms with E-state index in [2.05, 4.69) is 34.1 Å². The van der Waals surface area contributed by atoms with Gasteiger partial charge in [0.25, 0.3) is 0 Å². The molecule has 1 atom stereocenters. The molecule has 1 aliphatic rings. The van der Waals surface area contributed by atoms with Gasteiger partial charge in [0.2, 0.25) is 10.0 Å². The molecule has 2 aromatic carbocycles. The molecule has 0 aliphatic carbocycles. The van der Waals surface area contributed by atoms with Gasteiger partial charge in [0.1, 0.15) is 10.6 Å². The van der Waals surface area contributed by atoms with Crippen molar-refractivity contribution in [3.63, 3.8) is 0 Å². The fraction of sp³-hybridized carbons (Fsp3) is 0.500. The Balaban J connectivity index is 1.47. The van der Waals surface area contributed by atoms with E-state index in [0.29, 0.717) is 12.0 Å². The van der Waals surface area contributed by atoms with Crippen molar-refractivity contribution in [1.82, 2.24) is 9.21 Å². The van der Waals surface area contributed by atoms with E-state index >= 15 is 0 Å². The number of ether oxygens (including phenoxy) is 1. The minimum Gasteiger partial charge on any atom is -0.495 e. The maximum absolute atomic E-state index is 12.6. The smallest absolute Gasteiger partial charge is 0.246 e. The number of sulfonamides is 1. The van der Waals surface area contributed by atoms with Crippen LogP contribution in [-0.4, -0.2) is 76.7 Å². The summed E-state index contributed by atoms with van der Waals surface area (Å²) >= 11 is 0. The van der Waals surface area contributed by atoms with Crippen LogP contribution in [-0.2, 0) is 10.0 Å². The van der Waals surface area contributed by atoms with Crippen molar-refractivity contribution >= 4 is 15.7 Å².